The number of fused-ring (bicyclic) bond motifs is 1. The van der Waals surface area contributed by atoms with Crippen LogP contribution in [0.3, 0.4) is 0 Å². The van der Waals surface area contributed by atoms with Gasteiger partial charge in [-0.15, -0.1) is 0 Å². The highest BCUT2D eigenvalue weighted by atomic mass is 32.2. The highest BCUT2D eigenvalue weighted by Gasteiger charge is 2.36. The first-order chi connectivity index (χ1) is 23.2. The summed E-state index contributed by atoms with van der Waals surface area (Å²) in [6.07, 6.45) is 7.63. The molecule has 1 saturated carbocycles. The molecule has 2 aliphatic heterocycles. The van der Waals surface area contributed by atoms with Gasteiger partial charge in [-0.1, -0.05) is 18.2 Å². The van der Waals surface area contributed by atoms with Gasteiger partial charge in [-0.2, -0.15) is 4.31 Å². The smallest absolute Gasteiger partial charge is 0.214 e. The number of imidazole rings is 1. The lowest BCUT2D eigenvalue weighted by atomic mass is 9.73. The molecule has 8 rings (SSSR count). The maximum absolute atomic E-state index is 16.4. The third kappa shape index (κ3) is 5.32. The van der Waals surface area contributed by atoms with Crippen LogP contribution in [0.4, 0.5) is 15.9 Å². The molecule has 5 aromatic rings. The number of piperidine rings is 1. The summed E-state index contributed by atoms with van der Waals surface area (Å²) in [6, 6.07) is 20.9. The summed E-state index contributed by atoms with van der Waals surface area (Å²) in [4.78, 5) is 16.3. The average Bonchev–Trinajstić information content (AvgIpc) is 3.46. The van der Waals surface area contributed by atoms with Crippen LogP contribution in [-0.4, -0.2) is 63.7 Å². The fourth-order valence-electron chi connectivity index (χ4n) is 7.50. The van der Waals surface area contributed by atoms with E-state index in [4.69, 9.17) is 21.4 Å². The van der Waals surface area contributed by atoms with Gasteiger partial charge in [0.25, 0.3) is 0 Å². The molecular weight excluding hydrogens is 628 g/mol. The number of hydrogen-bond donors (Lipinski definition) is 2. The second-order valence-corrected chi connectivity index (χ2v) is 15.3. The van der Waals surface area contributed by atoms with Gasteiger partial charge in [0.05, 0.1) is 22.7 Å². The van der Waals surface area contributed by atoms with E-state index in [0.29, 0.717) is 77.8 Å². The molecule has 10 nitrogen and oxygen atoms in total. The Morgan fingerprint density at radius 2 is 1.62 bits per heavy atom. The van der Waals surface area contributed by atoms with Crippen LogP contribution in [0.2, 0.25) is 0 Å². The quantitative estimate of drug-likeness (QED) is 0.239. The standard InChI is InChI=1S/C36H39FN8O2S/c37-32-27(6-3-8-31(32)43-21-15-25(16-22-43)44-20-1-2-23-48(44,46)47)29-13-14-30-35(41-29)45(34(42-30)28-7-4-19-40-33(28)38)26-11-9-24(10-12-26)36(39)17-5-18-36/h3-4,6-14,19,25H,1-2,5,15-18,20-23,39H2,(H2,38,40). The molecule has 0 atom stereocenters. The molecular formula is C36H39FN8O2S. The lowest BCUT2D eigenvalue weighted by molar-refractivity contribution is 0.253. The van der Waals surface area contributed by atoms with E-state index in [2.05, 4.69) is 17.1 Å². The number of benzene rings is 2. The maximum atomic E-state index is 16.4. The zero-order valence-electron chi connectivity index (χ0n) is 26.7. The normalized spacial score (nSPS) is 19.8. The molecule has 0 amide bonds. The molecule has 2 saturated heterocycles. The fraction of sp³-hybridized carbons (Fsp3) is 0.361. The summed E-state index contributed by atoms with van der Waals surface area (Å²) < 4.78 is 45.4. The van der Waals surface area contributed by atoms with Crippen molar-refractivity contribution in [3.05, 3.63) is 84.3 Å². The second-order valence-electron chi connectivity index (χ2n) is 13.3. The SMILES string of the molecule is Nc1ncccc1-c1nc2ccc(-c3cccc(N4CCC(N5CCCCS5(=O)=O)CC4)c3F)nc2n1-c1ccc(C2(N)CCC2)cc1. The third-order valence-corrected chi connectivity index (χ3v) is 12.4. The minimum Gasteiger partial charge on any atom is -0.383 e. The van der Waals surface area contributed by atoms with E-state index in [1.807, 2.05) is 45.9 Å². The van der Waals surface area contributed by atoms with Gasteiger partial charge in [0, 0.05) is 48.7 Å². The van der Waals surface area contributed by atoms with Crippen molar-refractivity contribution in [2.24, 2.45) is 5.73 Å². The Kier molecular flexibility index (Phi) is 7.69. The van der Waals surface area contributed by atoms with Crippen LogP contribution >= 0.6 is 0 Å². The molecule has 0 spiro atoms. The molecule has 3 aromatic heterocycles. The van der Waals surface area contributed by atoms with E-state index in [0.717, 1.165) is 43.4 Å². The van der Waals surface area contributed by atoms with Gasteiger partial charge >= 0.3 is 0 Å². The summed E-state index contributed by atoms with van der Waals surface area (Å²) >= 11 is 0. The molecule has 5 heterocycles. The first-order valence-corrected chi connectivity index (χ1v) is 18.4. The van der Waals surface area contributed by atoms with E-state index in [1.165, 1.54) is 0 Å². The summed E-state index contributed by atoms with van der Waals surface area (Å²) in [7, 11) is -3.21. The zero-order valence-corrected chi connectivity index (χ0v) is 27.5. The van der Waals surface area contributed by atoms with Gasteiger partial charge < -0.3 is 16.4 Å². The van der Waals surface area contributed by atoms with Crippen LogP contribution < -0.4 is 16.4 Å². The predicted octanol–water partition coefficient (Wildman–Crippen LogP) is 5.60. The van der Waals surface area contributed by atoms with E-state index < -0.39 is 10.0 Å². The van der Waals surface area contributed by atoms with Crippen LogP contribution in [0.5, 0.6) is 0 Å². The van der Waals surface area contributed by atoms with Crippen molar-refractivity contribution in [3.63, 3.8) is 0 Å². The summed E-state index contributed by atoms with van der Waals surface area (Å²) in [5.74, 6) is 0.805. The number of aromatic nitrogens is 4. The van der Waals surface area contributed by atoms with Gasteiger partial charge in [0.15, 0.2) is 17.3 Å². The Balaban J connectivity index is 1.15. The molecule has 48 heavy (non-hydrogen) atoms. The van der Waals surface area contributed by atoms with Gasteiger partial charge in [0.2, 0.25) is 10.0 Å². The van der Waals surface area contributed by atoms with Gasteiger partial charge in [-0.25, -0.2) is 27.8 Å². The van der Waals surface area contributed by atoms with Gasteiger partial charge in [-0.3, -0.25) is 4.57 Å². The molecule has 2 aromatic carbocycles. The molecule has 248 valence electrons. The number of nitrogens with two attached hydrogens (primary N) is 2. The van der Waals surface area contributed by atoms with E-state index in [-0.39, 0.29) is 23.2 Å². The topological polar surface area (TPSA) is 136 Å². The van der Waals surface area contributed by atoms with Crippen LogP contribution in [-0.2, 0) is 15.6 Å². The number of hydrogen-bond acceptors (Lipinski definition) is 8. The maximum Gasteiger partial charge on any atom is 0.214 e. The number of anilines is 2. The van der Waals surface area contributed by atoms with Gasteiger partial charge in [-0.05, 0) is 99.0 Å². The van der Waals surface area contributed by atoms with Crippen LogP contribution in [0.25, 0.3) is 39.5 Å². The highest BCUT2D eigenvalue weighted by molar-refractivity contribution is 7.89. The Bertz CT molecular complexity index is 2100. The highest BCUT2D eigenvalue weighted by Crippen LogP contribution is 2.40. The van der Waals surface area contributed by atoms with Crippen molar-refractivity contribution < 1.29 is 12.8 Å². The van der Waals surface area contributed by atoms with Crippen molar-refractivity contribution in [2.75, 3.05) is 36.0 Å². The molecule has 4 N–H and O–H groups in total. The monoisotopic (exact) mass is 666 g/mol. The fourth-order valence-corrected chi connectivity index (χ4v) is 9.38. The largest absolute Gasteiger partial charge is 0.383 e. The molecule has 0 unspecified atom stereocenters. The number of rotatable bonds is 6. The minimum absolute atomic E-state index is 0.0385. The third-order valence-electron chi connectivity index (χ3n) is 10.4. The lowest BCUT2D eigenvalue weighted by Crippen LogP contribution is -2.50. The molecule has 3 aliphatic rings. The van der Waals surface area contributed by atoms with Crippen molar-refractivity contribution in [1.29, 1.82) is 0 Å². The number of nitrogen functional groups attached to an aromatic ring is 1. The summed E-state index contributed by atoms with van der Waals surface area (Å²) in [5.41, 5.74) is 17.8. The van der Waals surface area contributed by atoms with Crippen molar-refractivity contribution in [2.45, 2.75) is 56.5 Å². The van der Waals surface area contributed by atoms with Crippen LogP contribution in [0, 0.1) is 5.82 Å². The summed E-state index contributed by atoms with van der Waals surface area (Å²) in [6.45, 7) is 1.73. The Morgan fingerprint density at radius 1 is 0.854 bits per heavy atom. The Labute approximate surface area is 279 Å². The van der Waals surface area contributed by atoms with Crippen LogP contribution in [0.1, 0.15) is 50.5 Å². The number of halogens is 1. The molecule has 0 radical (unpaired) electrons. The molecule has 12 heteroatoms. The van der Waals surface area contributed by atoms with Crippen molar-refractivity contribution in [3.8, 4) is 28.3 Å². The Hall–Kier alpha value is -4.39. The number of sulfonamides is 1. The van der Waals surface area contributed by atoms with Crippen molar-refractivity contribution in [1.82, 2.24) is 23.8 Å². The number of nitrogens with zero attached hydrogens (tertiary/aromatic N) is 6. The number of pyridine rings is 2. The Morgan fingerprint density at radius 3 is 2.33 bits per heavy atom. The second kappa shape index (κ2) is 11.9. The van der Waals surface area contributed by atoms with Crippen molar-refractivity contribution >= 4 is 32.7 Å². The first-order valence-electron chi connectivity index (χ1n) is 16.8. The lowest BCUT2D eigenvalue weighted by Gasteiger charge is -2.40. The summed E-state index contributed by atoms with van der Waals surface area (Å²) in [5, 5.41) is 0. The minimum atomic E-state index is -3.21. The van der Waals surface area contributed by atoms with Crippen LogP contribution in [0.15, 0.2) is 72.9 Å². The van der Waals surface area contributed by atoms with E-state index in [9.17, 15) is 8.42 Å². The zero-order chi connectivity index (χ0) is 33.0. The van der Waals surface area contributed by atoms with Gasteiger partial charge in [0.1, 0.15) is 11.3 Å². The molecule has 1 aliphatic carbocycles. The molecule has 3 fully saturated rings. The average molecular weight is 667 g/mol. The predicted molar refractivity (Wildman–Crippen MR) is 187 cm³/mol. The molecule has 0 bridgehead atoms. The first kappa shape index (κ1) is 30.9. The van der Waals surface area contributed by atoms with E-state index >= 15 is 4.39 Å². The van der Waals surface area contributed by atoms with E-state index in [1.54, 1.807) is 28.7 Å².